The zero-order valence-electron chi connectivity index (χ0n) is 19.1. The van der Waals surface area contributed by atoms with Crippen molar-refractivity contribution in [3.63, 3.8) is 0 Å². The zero-order valence-corrected chi connectivity index (χ0v) is 19.9. The third-order valence-corrected chi connectivity index (χ3v) is 6.01. The number of guanidine groups is 1. The number of hydrogen-bond acceptors (Lipinski definition) is 4. The number of hydrogen-bond donors (Lipinski definition) is 2. The van der Waals surface area contributed by atoms with Gasteiger partial charge in [-0.1, -0.05) is 12.8 Å². The molecule has 0 fully saturated rings. The van der Waals surface area contributed by atoms with Crippen molar-refractivity contribution >= 4 is 34.0 Å². The number of nitrogens with zero attached hydrogens (tertiary/aromatic N) is 3. The molecule has 3 aromatic rings. The van der Waals surface area contributed by atoms with Crippen LogP contribution in [0.5, 0.6) is 0 Å². The Morgan fingerprint density at radius 3 is 2.33 bits per heavy atom. The van der Waals surface area contributed by atoms with Crippen molar-refractivity contribution in [2.24, 2.45) is 16.5 Å². The number of amides is 1. The van der Waals surface area contributed by atoms with Gasteiger partial charge in [-0.25, -0.2) is 13.8 Å². The van der Waals surface area contributed by atoms with Crippen LogP contribution in [0.3, 0.4) is 0 Å². The molecule has 36 heavy (non-hydrogen) atoms. The molecule has 0 aliphatic heterocycles. The van der Waals surface area contributed by atoms with Crippen LogP contribution in [0, 0.1) is 11.6 Å². The first kappa shape index (κ1) is 27.1. The van der Waals surface area contributed by atoms with Crippen LogP contribution in [0.2, 0.25) is 0 Å². The molecule has 0 unspecified atom stereocenters. The minimum atomic E-state index is -4.53. The predicted octanol–water partition coefficient (Wildman–Crippen LogP) is 6.00. The maximum atomic E-state index is 14.2. The molecule has 0 aliphatic rings. The van der Waals surface area contributed by atoms with Crippen molar-refractivity contribution in [1.82, 2.24) is 4.98 Å². The van der Waals surface area contributed by atoms with Crippen molar-refractivity contribution in [2.75, 3.05) is 11.4 Å². The van der Waals surface area contributed by atoms with Crippen LogP contribution >= 0.6 is 11.3 Å². The van der Waals surface area contributed by atoms with Crippen LogP contribution in [-0.2, 0) is 11.0 Å². The summed E-state index contributed by atoms with van der Waals surface area (Å²) in [7, 11) is 0. The summed E-state index contributed by atoms with van der Waals surface area (Å²) in [6, 6.07) is 7.19. The molecule has 12 heteroatoms. The highest BCUT2D eigenvalue weighted by molar-refractivity contribution is 7.14. The average Bonchev–Trinajstić information content (AvgIpc) is 3.27. The van der Waals surface area contributed by atoms with Gasteiger partial charge in [-0.05, 0) is 49.2 Å². The van der Waals surface area contributed by atoms with Crippen molar-refractivity contribution in [3.05, 3.63) is 65.0 Å². The maximum absolute atomic E-state index is 14.2. The highest BCUT2D eigenvalue weighted by Gasteiger charge is 2.31. The van der Waals surface area contributed by atoms with E-state index in [1.807, 2.05) is 0 Å². The predicted molar refractivity (Wildman–Crippen MR) is 130 cm³/mol. The normalized spacial score (nSPS) is 11.4. The standard InChI is InChI=1S/C24H24F5N5OS/c25-16-8-11-18(19(26)13-16)20-14-36-23(33-20)34(17-9-6-15(7-10-17)24(27,28)29)21(35)5-3-1-2-4-12-32-22(30)31/h6-11,13-14H,1-5,12H2,(H4,30,31,32). The second-order valence-electron chi connectivity index (χ2n) is 7.88. The zero-order chi connectivity index (χ0) is 26.3. The van der Waals surface area contributed by atoms with E-state index in [1.165, 1.54) is 28.5 Å². The molecule has 4 N–H and O–H groups in total. The van der Waals surface area contributed by atoms with E-state index in [9.17, 15) is 26.7 Å². The van der Waals surface area contributed by atoms with Crippen LogP contribution in [0.1, 0.15) is 37.7 Å². The number of nitrogens with two attached hydrogens (primary N) is 2. The molecule has 0 saturated carbocycles. The highest BCUT2D eigenvalue weighted by Crippen LogP contribution is 2.36. The number of alkyl halides is 3. The van der Waals surface area contributed by atoms with E-state index in [0.717, 1.165) is 54.9 Å². The highest BCUT2D eigenvalue weighted by atomic mass is 32.1. The number of anilines is 2. The summed E-state index contributed by atoms with van der Waals surface area (Å²) in [5.41, 5.74) is 10.1. The molecule has 0 radical (unpaired) electrons. The fourth-order valence-corrected chi connectivity index (χ4v) is 4.27. The number of unbranched alkanes of at least 4 members (excludes halogenated alkanes) is 3. The topological polar surface area (TPSA) is 97.6 Å². The number of aliphatic imine (C=N–C) groups is 1. The number of carbonyl (C=O) groups excluding carboxylic acids is 1. The van der Waals surface area contributed by atoms with E-state index in [1.54, 1.807) is 0 Å². The fraction of sp³-hybridized carbons (Fsp3) is 0.292. The van der Waals surface area contributed by atoms with E-state index in [4.69, 9.17) is 11.5 Å². The Balaban J connectivity index is 1.80. The van der Waals surface area contributed by atoms with Gasteiger partial charge in [0.05, 0.1) is 16.9 Å². The molecule has 0 aliphatic carbocycles. The molecule has 0 spiro atoms. The summed E-state index contributed by atoms with van der Waals surface area (Å²) in [4.78, 5) is 22.6. The summed E-state index contributed by atoms with van der Waals surface area (Å²) in [6.07, 6.45) is -1.63. The van der Waals surface area contributed by atoms with E-state index in [2.05, 4.69) is 9.98 Å². The summed E-state index contributed by atoms with van der Waals surface area (Å²) >= 11 is 1.02. The molecule has 0 atom stereocenters. The number of rotatable bonds is 10. The molecule has 1 amide bonds. The molecule has 3 rings (SSSR count). The molecule has 192 valence electrons. The van der Waals surface area contributed by atoms with E-state index in [-0.39, 0.29) is 40.4 Å². The maximum Gasteiger partial charge on any atom is 0.416 e. The first-order chi connectivity index (χ1) is 17.1. The SMILES string of the molecule is NC(N)=NCCCCCCC(=O)N(c1ccc(C(F)(F)F)cc1)c1nc(-c2ccc(F)cc2F)cs1. The fourth-order valence-electron chi connectivity index (χ4n) is 3.41. The Hall–Kier alpha value is -3.54. The molecule has 0 bridgehead atoms. The minimum Gasteiger partial charge on any atom is -0.370 e. The van der Waals surface area contributed by atoms with Crippen LogP contribution < -0.4 is 16.4 Å². The van der Waals surface area contributed by atoms with Gasteiger partial charge in [-0.15, -0.1) is 11.3 Å². The van der Waals surface area contributed by atoms with Crippen LogP contribution in [-0.4, -0.2) is 23.4 Å². The van der Waals surface area contributed by atoms with Gasteiger partial charge < -0.3 is 11.5 Å². The summed E-state index contributed by atoms with van der Waals surface area (Å²) in [5, 5.41) is 1.66. The lowest BCUT2D eigenvalue weighted by molar-refractivity contribution is -0.137. The van der Waals surface area contributed by atoms with Crippen LogP contribution in [0.4, 0.5) is 32.8 Å². The van der Waals surface area contributed by atoms with E-state index in [0.29, 0.717) is 13.0 Å². The van der Waals surface area contributed by atoms with Gasteiger partial charge in [0, 0.05) is 30.0 Å². The van der Waals surface area contributed by atoms with Crippen LogP contribution in [0.15, 0.2) is 52.8 Å². The quantitative estimate of drug-likeness (QED) is 0.147. The molecule has 0 saturated heterocycles. The smallest absolute Gasteiger partial charge is 0.370 e. The van der Waals surface area contributed by atoms with Gasteiger partial charge >= 0.3 is 6.18 Å². The van der Waals surface area contributed by atoms with E-state index >= 15 is 0 Å². The number of halogens is 5. The van der Waals surface area contributed by atoms with Crippen molar-refractivity contribution < 1.29 is 26.7 Å². The molecular formula is C24H24F5N5OS. The number of carbonyl (C=O) groups is 1. The Morgan fingerprint density at radius 2 is 1.69 bits per heavy atom. The lowest BCUT2D eigenvalue weighted by Crippen LogP contribution is -2.25. The molecular weight excluding hydrogens is 501 g/mol. The first-order valence-corrected chi connectivity index (χ1v) is 11.9. The van der Waals surface area contributed by atoms with Crippen molar-refractivity contribution in [2.45, 2.75) is 38.3 Å². The van der Waals surface area contributed by atoms with Gasteiger partial charge in [0.25, 0.3) is 0 Å². The second kappa shape index (κ2) is 11.9. The van der Waals surface area contributed by atoms with E-state index < -0.39 is 23.4 Å². The second-order valence-corrected chi connectivity index (χ2v) is 8.72. The largest absolute Gasteiger partial charge is 0.416 e. The van der Waals surface area contributed by atoms with Gasteiger partial charge in [-0.2, -0.15) is 13.2 Å². The number of benzene rings is 2. The minimum absolute atomic E-state index is 0.0145. The third kappa shape index (κ3) is 7.23. The lowest BCUT2D eigenvalue weighted by Gasteiger charge is -2.21. The number of thiazole rings is 1. The summed E-state index contributed by atoms with van der Waals surface area (Å²) < 4.78 is 66.6. The van der Waals surface area contributed by atoms with Crippen molar-refractivity contribution in [3.8, 4) is 11.3 Å². The molecule has 6 nitrogen and oxygen atoms in total. The Kier molecular flexibility index (Phi) is 8.97. The van der Waals surface area contributed by atoms with Crippen molar-refractivity contribution in [1.29, 1.82) is 0 Å². The van der Waals surface area contributed by atoms with Gasteiger partial charge in [-0.3, -0.25) is 14.7 Å². The summed E-state index contributed by atoms with van der Waals surface area (Å²) in [5.74, 6) is -1.92. The Bertz CT molecular complexity index is 1210. The van der Waals surface area contributed by atoms with Crippen LogP contribution in [0.25, 0.3) is 11.3 Å². The van der Waals surface area contributed by atoms with Gasteiger partial charge in [0.1, 0.15) is 11.6 Å². The lowest BCUT2D eigenvalue weighted by atomic mass is 10.1. The monoisotopic (exact) mass is 525 g/mol. The van der Waals surface area contributed by atoms with Gasteiger partial charge in [0.15, 0.2) is 11.1 Å². The first-order valence-electron chi connectivity index (χ1n) is 11.0. The van der Waals surface area contributed by atoms with Gasteiger partial charge in [0.2, 0.25) is 5.91 Å². The summed E-state index contributed by atoms with van der Waals surface area (Å²) in [6.45, 7) is 0.482. The molecule has 1 heterocycles. The number of aromatic nitrogens is 1. The third-order valence-electron chi connectivity index (χ3n) is 5.19. The molecule has 1 aromatic heterocycles. The molecule has 2 aromatic carbocycles. The Labute approximate surface area is 208 Å². The Morgan fingerprint density at radius 1 is 1.00 bits per heavy atom. The average molecular weight is 526 g/mol.